The van der Waals surface area contributed by atoms with Gasteiger partial charge in [-0.05, 0) is 23.8 Å². The van der Waals surface area contributed by atoms with Crippen LogP contribution < -0.4 is 10.1 Å². The lowest BCUT2D eigenvalue weighted by Gasteiger charge is -1.91. The molecule has 6 heteroatoms. The number of nitrogens with zero attached hydrogens (tertiary/aromatic N) is 3. The van der Waals surface area contributed by atoms with Gasteiger partial charge in [0.25, 0.3) is 5.56 Å². The SMILES string of the molecule is O=c1/c(=C/c2ccc(Br)cc2)sc2nncn12. The molecule has 0 aliphatic rings. The normalized spacial score (nSPS) is 12.4. The highest BCUT2D eigenvalue weighted by Crippen LogP contribution is 2.10. The summed E-state index contributed by atoms with van der Waals surface area (Å²) in [6.45, 7) is 0. The number of rotatable bonds is 1. The van der Waals surface area contributed by atoms with E-state index < -0.39 is 0 Å². The molecule has 84 valence electrons. The van der Waals surface area contributed by atoms with Gasteiger partial charge in [-0.3, -0.25) is 4.79 Å². The van der Waals surface area contributed by atoms with Gasteiger partial charge < -0.3 is 0 Å². The van der Waals surface area contributed by atoms with E-state index in [0.717, 1.165) is 10.0 Å². The van der Waals surface area contributed by atoms with Crippen molar-refractivity contribution in [1.82, 2.24) is 14.6 Å². The number of hydrogen-bond donors (Lipinski definition) is 0. The number of benzene rings is 1. The molecule has 0 atom stereocenters. The maximum Gasteiger partial charge on any atom is 0.275 e. The highest BCUT2D eigenvalue weighted by molar-refractivity contribution is 9.10. The molecule has 0 saturated carbocycles. The molecule has 4 nitrogen and oxygen atoms in total. The van der Waals surface area contributed by atoms with E-state index in [9.17, 15) is 4.79 Å². The fourth-order valence-corrected chi connectivity index (χ4v) is 2.65. The van der Waals surface area contributed by atoms with E-state index in [1.165, 1.54) is 22.1 Å². The van der Waals surface area contributed by atoms with E-state index in [1.807, 2.05) is 30.3 Å². The number of thiazole rings is 1. The Morgan fingerprint density at radius 3 is 2.76 bits per heavy atom. The minimum Gasteiger partial charge on any atom is -0.267 e. The molecule has 0 N–H and O–H groups in total. The van der Waals surface area contributed by atoms with Crippen molar-refractivity contribution in [2.24, 2.45) is 0 Å². The van der Waals surface area contributed by atoms with E-state index in [-0.39, 0.29) is 5.56 Å². The molecule has 2 heterocycles. The van der Waals surface area contributed by atoms with Crippen LogP contribution in [-0.2, 0) is 0 Å². The van der Waals surface area contributed by atoms with E-state index >= 15 is 0 Å². The Hall–Kier alpha value is -1.53. The minimum absolute atomic E-state index is 0.0714. The third kappa shape index (κ3) is 1.89. The van der Waals surface area contributed by atoms with Crippen molar-refractivity contribution in [1.29, 1.82) is 0 Å². The smallest absolute Gasteiger partial charge is 0.267 e. The summed E-state index contributed by atoms with van der Waals surface area (Å²) in [5.74, 6) is 0. The van der Waals surface area contributed by atoms with E-state index in [4.69, 9.17) is 0 Å². The Morgan fingerprint density at radius 1 is 1.29 bits per heavy atom. The molecule has 0 fully saturated rings. The second-order valence-corrected chi connectivity index (χ2v) is 5.38. The molecule has 0 spiro atoms. The summed E-state index contributed by atoms with van der Waals surface area (Å²) in [5.41, 5.74) is 0.917. The molecule has 2 aromatic heterocycles. The fourth-order valence-electron chi connectivity index (χ4n) is 1.50. The highest BCUT2D eigenvalue weighted by atomic mass is 79.9. The van der Waals surface area contributed by atoms with Crippen LogP contribution in [0.15, 0.2) is 39.9 Å². The van der Waals surface area contributed by atoms with Gasteiger partial charge >= 0.3 is 0 Å². The Balaban J connectivity index is 2.20. The number of fused-ring (bicyclic) bond motifs is 1. The first-order valence-corrected chi connectivity index (χ1v) is 6.45. The van der Waals surface area contributed by atoms with Gasteiger partial charge in [0, 0.05) is 4.47 Å². The fraction of sp³-hybridized carbons (Fsp3) is 0. The zero-order valence-corrected chi connectivity index (χ0v) is 10.9. The van der Waals surface area contributed by atoms with Gasteiger partial charge in [0.2, 0.25) is 4.96 Å². The maximum absolute atomic E-state index is 11.9. The first-order valence-electron chi connectivity index (χ1n) is 4.84. The van der Waals surface area contributed by atoms with Crippen molar-refractivity contribution in [3.8, 4) is 0 Å². The maximum atomic E-state index is 11.9. The molecule has 0 bridgehead atoms. The number of hydrogen-bond acceptors (Lipinski definition) is 4. The van der Waals surface area contributed by atoms with E-state index in [0.29, 0.717) is 9.49 Å². The van der Waals surface area contributed by atoms with Gasteiger partial charge in [-0.1, -0.05) is 39.4 Å². The molecule has 3 aromatic rings. The minimum atomic E-state index is -0.0714. The van der Waals surface area contributed by atoms with Gasteiger partial charge in [-0.25, -0.2) is 4.40 Å². The predicted octanol–water partition coefficient (Wildman–Crippen LogP) is 1.46. The van der Waals surface area contributed by atoms with Crippen LogP contribution in [0, 0.1) is 0 Å². The number of halogens is 1. The molecule has 17 heavy (non-hydrogen) atoms. The summed E-state index contributed by atoms with van der Waals surface area (Å²) in [6, 6.07) is 7.78. The largest absolute Gasteiger partial charge is 0.275 e. The molecular formula is C11H6BrN3OS. The van der Waals surface area contributed by atoms with Crippen LogP contribution in [0.1, 0.15) is 5.56 Å². The van der Waals surface area contributed by atoms with E-state index in [1.54, 1.807) is 0 Å². The monoisotopic (exact) mass is 307 g/mol. The molecular weight excluding hydrogens is 302 g/mol. The molecule has 3 rings (SSSR count). The number of aromatic nitrogens is 3. The van der Waals surface area contributed by atoms with Crippen LogP contribution in [0.3, 0.4) is 0 Å². The lowest BCUT2D eigenvalue weighted by molar-refractivity contribution is 1.08. The van der Waals surface area contributed by atoms with Crippen molar-refractivity contribution >= 4 is 38.3 Å². The Labute approximate surface area is 108 Å². The molecule has 0 unspecified atom stereocenters. The van der Waals surface area contributed by atoms with Gasteiger partial charge in [0.15, 0.2) is 0 Å². The molecule has 0 aliphatic carbocycles. The van der Waals surface area contributed by atoms with Crippen molar-refractivity contribution in [2.75, 3.05) is 0 Å². The molecule has 0 amide bonds. The lowest BCUT2D eigenvalue weighted by atomic mass is 10.2. The first-order chi connectivity index (χ1) is 8.24. The third-order valence-corrected chi connectivity index (χ3v) is 3.82. The van der Waals surface area contributed by atoms with Crippen LogP contribution in [0.2, 0.25) is 0 Å². The molecule has 0 saturated heterocycles. The van der Waals surface area contributed by atoms with Crippen molar-refractivity contribution in [3.63, 3.8) is 0 Å². The second-order valence-electron chi connectivity index (χ2n) is 3.45. The zero-order valence-electron chi connectivity index (χ0n) is 8.50. The standard InChI is InChI=1S/C11H6BrN3OS/c12-8-3-1-7(2-4-8)5-9-10(16)15-6-13-14-11(15)17-9/h1-6H/b9-5-. The topological polar surface area (TPSA) is 47.3 Å². The van der Waals surface area contributed by atoms with Gasteiger partial charge in [-0.15, -0.1) is 10.2 Å². The second kappa shape index (κ2) is 4.05. The summed E-state index contributed by atoms with van der Waals surface area (Å²) < 4.78 is 3.13. The van der Waals surface area contributed by atoms with Crippen LogP contribution in [0.4, 0.5) is 0 Å². The van der Waals surface area contributed by atoms with Crippen molar-refractivity contribution in [2.45, 2.75) is 0 Å². The average molecular weight is 308 g/mol. The predicted molar refractivity (Wildman–Crippen MR) is 70.1 cm³/mol. The summed E-state index contributed by atoms with van der Waals surface area (Å²) in [5, 5.41) is 7.55. The van der Waals surface area contributed by atoms with Gasteiger partial charge in [-0.2, -0.15) is 0 Å². The Bertz CT molecular complexity index is 775. The lowest BCUT2D eigenvalue weighted by Crippen LogP contribution is -2.22. The highest BCUT2D eigenvalue weighted by Gasteiger charge is 2.04. The molecule has 0 aliphatic heterocycles. The quantitative estimate of drug-likeness (QED) is 0.684. The van der Waals surface area contributed by atoms with Crippen molar-refractivity contribution < 1.29 is 0 Å². The van der Waals surface area contributed by atoms with Crippen LogP contribution in [0.25, 0.3) is 11.0 Å². The van der Waals surface area contributed by atoms with E-state index in [2.05, 4.69) is 26.1 Å². The Kier molecular flexibility index (Phi) is 2.53. The van der Waals surface area contributed by atoms with Crippen molar-refractivity contribution in [3.05, 3.63) is 55.5 Å². The zero-order chi connectivity index (χ0) is 11.8. The summed E-state index contributed by atoms with van der Waals surface area (Å²) in [7, 11) is 0. The van der Waals surface area contributed by atoms with Gasteiger partial charge in [0.1, 0.15) is 6.33 Å². The Morgan fingerprint density at radius 2 is 2.06 bits per heavy atom. The van der Waals surface area contributed by atoms with Crippen LogP contribution in [0.5, 0.6) is 0 Å². The van der Waals surface area contributed by atoms with Crippen LogP contribution in [-0.4, -0.2) is 14.6 Å². The molecule has 0 radical (unpaired) electrons. The average Bonchev–Trinajstić information content (AvgIpc) is 2.87. The summed E-state index contributed by atoms with van der Waals surface area (Å²) in [4.78, 5) is 12.5. The van der Waals surface area contributed by atoms with Gasteiger partial charge in [0.05, 0.1) is 4.53 Å². The molecule has 1 aromatic carbocycles. The first kappa shape index (κ1) is 10.6. The van der Waals surface area contributed by atoms with Crippen LogP contribution >= 0.6 is 27.3 Å². The summed E-state index contributed by atoms with van der Waals surface area (Å²) in [6.07, 6.45) is 3.29. The third-order valence-electron chi connectivity index (χ3n) is 2.32. The summed E-state index contributed by atoms with van der Waals surface area (Å²) >= 11 is 4.71.